The molecule has 0 unspecified atom stereocenters. The lowest BCUT2D eigenvalue weighted by atomic mass is 9.92. The third-order valence-electron chi connectivity index (χ3n) is 5.45. The first-order valence-electron chi connectivity index (χ1n) is 9.77. The summed E-state index contributed by atoms with van der Waals surface area (Å²) in [4.78, 5) is 12.4. The highest BCUT2D eigenvalue weighted by Crippen LogP contribution is 2.35. The summed E-state index contributed by atoms with van der Waals surface area (Å²) < 4.78 is 5.36. The molecule has 0 fully saturated rings. The fourth-order valence-electron chi connectivity index (χ4n) is 3.86. The van der Waals surface area contributed by atoms with Crippen LogP contribution in [0.1, 0.15) is 36.7 Å². The van der Waals surface area contributed by atoms with Gasteiger partial charge in [0.2, 0.25) is 0 Å². The topological polar surface area (TPSA) is 46.5 Å². The second-order valence-electron chi connectivity index (χ2n) is 7.76. The molecule has 0 aliphatic heterocycles. The zero-order valence-electron chi connectivity index (χ0n) is 17.1. The van der Waals surface area contributed by atoms with Gasteiger partial charge in [-0.15, -0.1) is 0 Å². The van der Waals surface area contributed by atoms with Crippen LogP contribution in [0.3, 0.4) is 0 Å². The zero-order chi connectivity index (χ0) is 20.7. The van der Waals surface area contributed by atoms with Crippen LogP contribution < -0.4 is 15.2 Å². The van der Waals surface area contributed by atoms with Gasteiger partial charge >= 0.3 is 0 Å². The Labute approximate surface area is 170 Å². The molecule has 29 heavy (non-hydrogen) atoms. The SMILES string of the molecule is COc1cccc(-c2cc(C(C)=O)c3c(c2)-c2cc(=C(O)C(C)C)ccc2=C3)c1. The minimum absolute atomic E-state index is 0.0341. The standard InChI is InChI=1S/C26H24O3/c1-15(2)26(28)19-9-8-18-11-24-22(16(3)27)13-20(14-25(24)23(18)12-19)17-6-5-7-21(10-17)29-4/h5-15,28H,1-4H3. The van der Waals surface area contributed by atoms with Crippen molar-refractivity contribution >= 4 is 17.6 Å². The lowest BCUT2D eigenvalue weighted by Gasteiger charge is -2.12. The fraction of sp³-hybridized carbons (Fsp3) is 0.192. The van der Waals surface area contributed by atoms with Gasteiger partial charge in [0.1, 0.15) is 11.5 Å². The lowest BCUT2D eigenvalue weighted by Crippen LogP contribution is -2.14. The van der Waals surface area contributed by atoms with Gasteiger partial charge in [0, 0.05) is 16.7 Å². The smallest absolute Gasteiger partial charge is 0.160 e. The Bertz CT molecular complexity index is 1250. The molecule has 0 amide bonds. The molecule has 3 aromatic rings. The van der Waals surface area contributed by atoms with Crippen molar-refractivity contribution in [2.24, 2.45) is 5.92 Å². The monoisotopic (exact) mass is 384 g/mol. The summed E-state index contributed by atoms with van der Waals surface area (Å²) >= 11 is 0. The molecule has 3 nitrogen and oxygen atoms in total. The molecule has 4 rings (SSSR count). The van der Waals surface area contributed by atoms with Gasteiger partial charge in [-0.25, -0.2) is 0 Å². The molecule has 1 N–H and O–H groups in total. The van der Waals surface area contributed by atoms with Crippen LogP contribution in [0.5, 0.6) is 5.75 Å². The van der Waals surface area contributed by atoms with Crippen molar-refractivity contribution in [3.05, 3.63) is 76.2 Å². The predicted molar refractivity (Wildman–Crippen MR) is 118 cm³/mol. The second kappa shape index (κ2) is 7.25. The van der Waals surface area contributed by atoms with Crippen molar-refractivity contribution in [2.45, 2.75) is 20.8 Å². The molecule has 1 aliphatic rings. The number of Topliss-reactive ketones (excluding diaryl/α,β-unsaturated/α-hetero) is 1. The quantitative estimate of drug-likeness (QED) is 0.519. The molecule has 3 aromatic carbocycles. The van der Waals surface area contributed by atoms with Crippen molar-refractivity contribution in [3.8, 4) is 28.0 Å². The third kappa shape index (κ3) is 3.33. The second-order valence-corrected chi connectivity index (χ2v) is 7.76. The van der Waals surface area contributed by atoms with Crippen molar-refractivity contribution in [2.75, 3.05) is 7.11 Å². The Morgan fingerprint density at radius 2 is 1.76 bits per heavy atom. The lowest BCUT2D eigenvalue weighted by molar-refractivity contribution is 0.101. The maximum absolute atomic E-state index is 12.4. The summed E-state index contributed by atoms with van der Waals surface area (Å²) in [7, 11) is 1.65. The van der Waals surface area contributed by atoms with Crippen molar-refractivity contribution in [1.29, 1.82) is 0 Å². The number of rotatable bonds is 4. The normalized spacial score (nSPS) is 12.9. The van der Waals surface area contributed by atoms with Gasteiger partial charge < -0.3 is 9.84 Å². The number of ether oxygens (including phenoxy) is 1. The average molecular weight is 384 g/mol. The minimum Gasteiger partial charge on any atom is -0.511 e. The van der Waals surface area contributed by atoms with E-state index < -0.39 is 0 Å². The van der Waals surface area contributed by atoms with Gasteiger partial charge in [-0.2, -0.15) is 0 Å². The van der Waals surface area contributed by atoms with Gasteiger partial charge in [0.05, 0.1) is 7.11 Å². The van der Waals surface area contributed by atoms with Crippen LogP contribution >= 0.6 is 0 Å². The molecule has 0 heterocycles. The molecule has 0 saturated heterocycles. The number of aliphatic hydroxyl groups excluding tert-OH is 1. The Morgan fingerprint density at radius 1 is 0.966 bits per heavy atom. The number of aliphatic hydroxyl groups is 1. The third-order valence-corrected chi connectivity index (χ3v) is 5.45. The first-order chi connectivity index (χ1) is 13.9. The molecule has 0 bridgehead atoms. The summed E-state index contributed by atoms with van der Waals surface area (Å²) in [6.07, 6.45) is 2.06. The Kier molecular flexibility index (Phi) is 4.75. The van der Waals surface area contributed by atoms with Crippen LogP contribution in [0, 0.1) is 5.92 Å². The first-order valence-corrected chi connectivity index (χ1v) is 9.77. The number of carbonyl (C=O) groups excluding carboxylic acids is 1. The van der Waals surface area contributed by atoms with E-state index in [4.69, 9.17) is 4.74 Å². The van der Waals surface area contributed by atoms with Crippen LogP contribution in [0.2, 0.25) is 0 Å². The van der Waals surface area contributed by atoms with E-state index in [2.05, 4.69) is 12.1 Å². The van der Waals surface area contributed by atoms with Crippen molar-refractivity contribution < 1.29 is 14.6 Å². The van der Waals surface area contributed by atoms with E-state index in [0.29, 0.717) is 11.3 Å². The van der Waals surface area contributed by atoms with Crippen molar-refractivity contribution in [3.63, 3.8) is 0 Å². The molecule has 3 heteroatoms. The number of carbonyl (C=O) groups is 1. The molecule has 0 aromatic heterocycles. The summed E-state index contributed by atoms with van der Waals surface area (Å²) in [6, 6.07) is 17.9. The molecular formula is C26H24O3. The molecule has 0 saturated carbocycles. The van der Waals surface area contributed by atoms with E-state index in [1.54, 1.807) is 14.0 Å². The van der Waals surface area contributed by atoms with E-state index >= 15 is 0 Å². The van der Waals surface area contributed by atoms with Crippen LogP contribution in [0.25, 0.3) is 34.1 Å². The number of hydrogen-bond acceptors (Lipinski definition) is 3. The van der Waals surface area contributed by atoms with Crippen LogP contribution in [0.4, 0.5) is 0 Å². The Morgan fingerprint density at radius 3 is 2.45 bits per heavy atom. The van der Waals surface area contributed by atoms with Crippen LogP contribution in [-0.2, 0) is 0 Å². The molecule has 0 atom stereocenters. The first kappa shape index (κ1) is 19.0. The van der Waals surface area contributed by atoms with E-state index in [0.717, 1.165) is 44.0 Å². The molecule has 0 spiro atoms. The zero-order valence-corrected chi connectivity index (χ0v) is 17.1. The Hall–Kier alpha value is -3.33. The maximum atomic E-state index is 12.4. The summed E-state index contributed by atoms with van der Waals surface area (Å²) in [5.41, 5.74) is 5.67. The summed E-state index contributed by atoms with van der Waals surface area (Å²) in [6.45, 7) is 5.54. The van der Waals surface area contributed by atoms with E-state index in [9.17, 15) is 9.90 Å². The van der Waals surface area contributed by atoms with E-state index in [1.807, 2.05) is 62.4 Å². The van der Waals surface area contributed by atoms with E-state index in [-0.39, 0.29) is 11.7 Å². The van der Waals surface area contributed by atoms with Crippen LogP contribution in [-0.4, -0.2) is 18.0 Å². The summed E-state index contributed by atoms with van der Waals surface area (Å²) in [5.74, 6) is 1.23. The molecular weight excluding hydrogens is 360 g/mol. The maximum Gasteiger partial charge on any atom is 0.160 e. The molecule has 1 aliphatic carbocycles. The highest BCUT2D eigenvalue weighted by molar-refractivity contribution is 6.03. The number of benzene rings is 3. The number of hydrogen-bond donors (Lipinski definition) is 1. The van der Waals surface area contributed by atoms with E-state index in [1.165, 1.54) is 0 Å². The van der Waals surface area contributed by atoms with Gasteiger partial charge in [-0.3, -0.25) is 4.79 Å². The van der Waals surface area contributed by atoms with Gasteiger partial charge in [0.25, 0.3) is 0 Å². The molecule has 0 radical (unpaired) electrons. The number of fused-ring (bicyclic) bond motifs is 3. The van der Waals surface area contributed by atoms with Crippen LogP contribution in [0.15, 0.2) is 54.6 Å². The van der Waals surface area contributed by atoms with Gasteiger partial charge in [-0.05, 0) is 76.4 Å². The highest BCUT2D eigenvalue weighted by atomic mass is 16.5. The fourth-order valence-corrected chi connectivity index (χ4v) is 3.86. The number of methoxy groups -OCH3 is 1. The highest BCUT2D eigenvalue weighted by Gasteiger charge is 2.20. The largest absolute Gasteiger partial charge is 0.511 e. The summed E-state index contributed by atoms with van der Waals surface area (Å²) in [5, 5.41) is 12.3. The van der Waals surface area contributed by atoms with Crippen molar-refractivity contribution in [1.82, 2.24) is 0 Å². The predicted octanol–water partition coefficient (Wildman–Crippen LogP) is 4.70. The number of ketones is 1. The van der Waals surface area contributed by atoms with Gasteiger partial charge in [0.15, 0.2) is 5.78 Å². The Balaban J connectivity index is 1.98. The minimum atomic E-state index is 0.0341. The van der Waals surface area contributed by atoms with Gasteiger partial charge in [-0.1, -0.05) is 38.1 Å². The molecule has 146 valence electrons. The average Bonchev–Trinajstić information content (AvgIpc) is 3.10.